The largest absolute Gasteiger partial charge is 0.480 e. The molecule has 5 heteroatoms. The second-order valence-electron chi connectivity index (χ2n) is 3.69. The van der Waals surface area contributed by atoms with Crippen LogP contribution in [0.3, 0.4) is 0 Å². The van der Waals surface area contributed by atoms with E-state index < -0.39 is 12.0 Å². The number of hydrogen-bond acceptors (Lipinski definition) is 2. The third-order valence-corrected chi connectivity index (χ3v) is 2.34. The van der Waals surface area contributed by atoms with Gasteiger partial charge in [0.25, 0.3) is 0 Å². The van der Waals surface area contributed by atoms with Crippen molar-refractivity contribution in [1.82, 2.24) is 5.32 Å². The Kier molecular flexibility index (Phi) is 7.50. The van der Waals surface area contributed by atoms with E-state index >= 15 is 0 Å². The molecule has 1 rings (SSSR count). The molecule has 2 N–H and O–H groups in total. The van der Waals surface area contributed by atoms with Crippen LogP contribution >= 0.6 is 12.4 Å². The van der Waals surface area contributed by atoms with E-state index in [9.17, 15) is 9.18 Å². The van der Waals surface area contributed by atoms with Crippen LogP contribution in [0, 0.1) is 5.82 Å². The molecule has 0 heterocycles. The molecule has 0 radical (unpaired) electrons. The second kappa shape index (κ2) is 8.03. The van der Waals surface area contributed by atoms with Crippen molar-refractivity contribution in [2.24, 2.45) is 0 Å². The summed E-state index contributed by atoms with van der Waals surface area (Å²) in [5.41, 5.74) is 0.878. The molecule has 0 saturated carbocycles. The van der Waals surface area contributed by atoms with Gasteiger partial charge in [0.15, 0.2) is 0 Å². The predicted molar refractivity (Wildman–Crippen MR) is 66.8 cm³/mol. The predicted octanol–water partition coefficient (Wildman–Crippen LogP) is 2.59. The molecule has 0 spiro atoms. The number of carboxylic acids is 1. The molecule has 0 aliphatic rings. The van der Waals surface area contributed by atoms with Crippen molar-refractivity contribution in [3.05, 3.63) is 35.6 Å². The Labute approximate surface area is 106 Å². The molecule has 0 aliphatic heterocycles. The van der Waals surface area contributed by atoms with Gasteiger partial charge in [0.1, 0.15) is 11.9 Å². The van der Waals surface area contributed by atoms with E-state index in [4.69, 9.17) is 5.11 Å². The molecule has 17 heavy (non-hydrogen) atoms. The first kappa shape index (κ1) is 15.9. The molecule has 0 fully saturated rings. The maximum Gasteiger partial charge on any atom is 0.320 e. The number of nitrogens with one attached hydrogen (secondary N) is 1. The molecule has 0 aliphatic carbocycles. The van der Waals surface area contributed by atoms with Crippen molar-refractivity contribution in [3.8, 4) is 0 Å². The van der Waals surface area contributed by atoms with Crippen LogP contribution in [-0.2, 0) is 11.3 Å². The van der Waals surface area contributed by atoms with Crippen molar-refractivity contribution in [2.75, 3.05) is 0 Å². The third kappa shape index (κ3) is 5.65. The van der Waals surface area contributed by atoms with Gasteiger partial charge in [-0.1, -0.05) is 25.5 Å². The SMILES string of the molecule is CCCC(NCc1ccc(F)cc1)C(=O)O.Cl. The van der Waals surface area contributed by atoms with Crippen molar-refractivity contribution < 1.29 is 14.3 Å². The molecular weight excluding hydrogens is 245 g/mol. The van der Waals surface area contributed by atoms with E-state index in [-0.39, 0.29) is 18.2 Å². The van der Waals surface area contributed by atoms with Gasteiger partial charge in [0.05, 0.1) is 0 Å². The van der Waals surface area contributed by atoms with Crippen molar-refractivity contribution in [2.45, 2.75) is 32.4 Å². The number of carboxylic acid groups (broad SMARTS) is 1. The van der Waals surface area contributed by atoms with Gasteiger partial charge in [-0.3, -0.25) is 4.79 Å². The van der Waals surface area contributed by atoms with Crippen LogP contribution in [0.2, 0.25) is 0 Å². The summed E-state index contributed by atoms with van der Waals surface area (Å²) < 4.78 is 12.6. The molecule has 1 unspecified atom stereocenters. The maximum atomic E-state index is 12.6. The lowest BCUT2D eigenvalue weighted by Crippen LogP contribution is -2.35. The summed E-state index contributed by atoms with van der Waals surface area (Å²) in [7, 11) is 0. The summed E-state index contributed by atoms with van der Waals surface area (Å²) in [6.07, 6.45) is 1.41. The van der Waals surface area contributed by atoms with Crippen LogP contribution in [0.1, 0.15) is 25.3 Å². The van der Waals surface area contributed by atoms with Gasteiger partial charge in [-0.15, -0.1) is 12.4 Å². The van der Waals surface area contributed by atoms with E-state index in [1.807, 2.05) is 6.92 Å². The molecule has 1 aromatic carbocycles. The van der Waals surface area contributed by atoms with Gasteiger partial charge >= 0.3 is 5.97 Å². The lowest BCUT2D eigenvalue weighted by Gasteiger charge is -2.13. The number of benzene rings is 1. The summed E-state index contributed by atoms with van der Waals surface area (Å²) in [4.78, 5) is 10.8. The molecule has 0 bridgehead atoms. The second-order valence-corrected chi connectivity index (χ2v) is 3.69. The molecular formula is C12H17ClFNO2. The van der Waals surface area contributed by atoms with Crippen molar-refractivity contribution >= 4 is 18.4 Å². The minimum Gasteiger partial charge on any atom is -0.480 e. The van der Waals surface area contributed by atoms with Crippen molar-refractivity contribution in [3.63, 3.8) is 0 Å². The minimum atomic E-state index is -0.844. The maximum absolute atomic E-state index is 12.6. The van der Waals surface area contributed by atoms with Crippen LogP contribution < -0.4 is 5.32 Å². The number of aliphatic carboxylic acids is 1. The minimum absolute atomic E-state index is 0. The highest BCUT2D eigenvalue weighted by molar-refractivity contribution is 5.85. The summed E-state index contributed by atoms with van der Waals surface area (Å²) in [6.45, 7) is 2.38. The van der Waals surface area contributed by atoms with Gasteiger partial charge in [0.2, 0.25) is 0 Å². The fourth-order valence-corrected chi connectivity index (χ4v) is 1.44. The Balaban J connectivity index is 0.00000256. The van der Waals surface area contributed by atoms with Crippen LogP contribution in [0.25, 0.3) is 0 Å². The molecule has 96 valence electrons. The molecule has 1 atom stereocenters. The highest BCUT2D eigenvalue weighted by atomic mass is 35.5. The Morgan fingerprint density at radius 2 is 2.00 bits per heavy atom. The Bertz CT molecular complexity index is 343. The summed E-state index contributed by atoms with van der Waals surface area (Å²) in [5.74, 6) is -1.13. The third-order valence-electron chi connectivity index (χ3n) is 2.34. The summed E-state index contributed by atoms with van der Waals surface area (Å²) >= 11 is 0. The summed E-state index contributed by atoms with van der Waals surface area (Å²) in [5, 5.41) is 11.8. The van der Waals surface area contributed by atoms with E-state index in [1.54, 1.807) is 12.1 Å². The highest BCUT2D eigenvalue weighted by Gasteiger charge is 2.14. The lowest BCUT2D eigenvalue weighted by molar-refractivity contribution is -0.139. The molecule has 3 nitrogen and oxygen atoms in total. The first-order valence-corrected chi connectivity index (χ1v) is 5.34. The van der Waals surface area contributed by atoms with Gasteiger partial charge in [0, 0.05) is 6.54 Å². The summed E-state index contributed by atoms with van der Waals surface area (Å²) in [6, 6.07) is 5.50. The molecule has 0 saturated heterocycles. The van der Waals surface area contributed by atoms with Gasteiger partial charge in [-0.25, -0.2) is 4.39 Å². The van der Waals surface area contributed by atoms with Crippen LogP contribution in [0.15, 0.2) is 24.3 Å². The van der Waals surface area contributed by atoms with E-state index in [1.165, 1.54) is 12.1 Å². The molecule has 0 aromatic heterocycles. The van der Waals surface area contributed by atoms with Gasteiger partial charge < -0.3 is 10.4 Å². The Hall–Kier alpha value is -1.13. The quantitative estimate of drug-likeness (QED) is 0.828. The monoisotopic (exact) mass is 261 g/mol. The smallest absolute Gasteiger partial charge is 0.320 e. The van der Waals surface area contributed by atoms with Crippen molar-refractivity contribution in [1.29, 1.82) is 0 Å². The Morgan fingerprint density at radius 3 is 2.47 bits per heavy atom. The average Bonchev–Trinajstić information content (AvgIpc) is 2.26. The van der Waals surface area contributed by atoms with E-state index in [0.29, 0.717) is 13.0 Å². The average molecular weight is 262 g/mol. The van der Waals surface area contributed by atoms with Gasteiger partial charge in [-0.05, 0) is 24.1 Å². The number of carbonyl (C=O) groups is 1. The van der Waals surface area contributed by atoms with E-state index in [2.05, 4.69) is 5.32 Å². The number of halogens is 2. The number of rotatable bonds is 6. The van der Waals surface area contributed by atoms with Crippen LogP contribution in [0.5, 0.6) is 0 Å². The van der Waals surface area contributed by atoms with Gasteiger partial charge in [-0.2, -0.15) is 0 Å². The number of hydrogen-bond donors (Lipinski definition) is 2. The fourth-order valence-electron chi connectivity index (χ4n) is 1.44. The van der Waals surface area contributed by atoms with E-state index in [0.717, 1.165) is 12.0 Å². The Morgan fingerprint density at radius 1 is 1.41 bits per heavy atom. The standard InChI is InChI=1S/C12H16FNO2.ClH/c1-2-3-11(12(15)16)14-8-9-4-6-10(13)7-5-9;/h4-7,11,14H,2-3,8H2,1H3,(H,15,16);1H. The molecule has 1 aromatic rings. The topological polar surface area (TPSA) is 49.3 Å². The highest BCUT2D eigenvalue weighted by Crippen LogP contribution is 2.04. The first-order valence-electron chi connectivity index (χ1n) is 5.34. The first-order chi connectivity index (χ1) is 7.63. The fraction of sp³-hybridized carbons (Fsp3) is 0.417. The zero-order valence-corrected chi connectivity index (χ0v) is 10.5. The van der Waals surface area contributed by atoms with Crippen LogP contribution in [-0.4, -0.2) is 17.1 Å². The normalized spacial score (nSPS) is 11.6. The zero-order valence-electron chi connectivity index (χ0n) is 9.65. The lowest BCUT2D eigenvalue weighted by atomic mass is 10.1. The zero-order chi connectivity index (χ0) is 12.0. The molecule has 0 amide bonds. The van der Waals surface area contributed by atoms with Crippen LogP contribution in [0.4, 0.5) is 4.39 Å².